The van der Waals surface area contributed by atoms with Crippen LogP contribution in [0.15, 0.2) is 36.4 Å². The molecule has 2 aromatic rings. The molecule has 0 saturated carbocycles. The summed E-state index contributed by atoms with van der Waals surface area (Å²) in [7, 11) is 1.74. The van der Waals surface area contributed by atoms with E-state index in [9.17, 15) is 9.59 Å². The first-order chi connectivity index (χ1) is 12.0. The van der Waals surface area contributed by atoms with Gasteiger partial charge >= 0.3 is 0 Å². The van der Waals surface area contributed by atoms with Gasteiger partial charge in [-0.15, -0.1) is 0 Å². The molecule has 1 amide bonds. The van der Waals surface area contributed by atoms with Crippen molar-refractivity contribution in [2.45, 2.75) is 6.92 Å². The predicted molar refractivity (Wildman–Crippen MR) is 96.2 cm³/mol. The van der Waals surface area contributed by atoms with Crippen molar-refractivity contribution in [3.63, 3.8) is 0 Å². The van der Waals surface area contributed by atoms with Crippen molar-refractivity contribution in [3.05, 3.63) is 52.7 Å². The van der Waals surface area contributed by atoms with Crippen LogP contribution in [0.1, 0.15) is 23.0 Å². The van der Waals surface area contributed by atoms with Crippen LogP contribution in [-0.2, 0) is 16.6 Å². The fourth-order valence-electron chi connectivity index (χ4n) is 2.50. The molecular weight excluding hydrogens is 344 g/mol. The molecule has 0 saturated heterocycles. The van der Waals surface area contributed by atoms with Gasteiger partial charge in [0.1, 0.15) is 5.82 Å². The summed E-state index contributed by atoms with van der Waals surface area (Å²) in [5.74, 6) is 0.308. The number of anilines is 1. The number of rotatable bonds is 8. The number of amides is 1. The summed E-state index contributed by atoms with van der Waals surface area (Å²) in [5.41, 5.74) is 0.998. The number of carbonyl (C=O) groups excluding carboxylic acids is 2. The van der Waals surface area contributed by atoms with Gasteiger partial charge < -0.3 is 14.4 Å². The first-order valence-corrected chi connectivity index (χ1v) is 8.26. The number of hydrogen-bond donors (Lipinski definition) is 1. The summed E-state index contributed by atoms with van der Waals surface area (Å²) >= 11 is 5.86. The number of ketones is 1. The second-order valence-electron chi connectivity index (χ2n) is 5.48. The quantitative estimate of drug-likeness (QED) is 0.576. The molecule has 1 aromatic carbocycles. The second kappa shape index (κ2) is 8.80. The number of ether oxygens (including phenoxy) is 1. The van der Waals surface area contributed by atoms with E-state index >= 15 is 0 Å². The predicted octanol–water partition coefficient (Wildman–Crippen LogP) is 2.27. The van der Waals surface area contributed by atoms with Crippen molar-refractivity contribution in [1.82, 2.24) is 4.57 Å². The minimum atomic E-state index is -0.153. The zero-order valence-electron chi connectivity index (χ0n) is 14.2. The van der Waals surface area contributed by atoms with Gasteiger partial charge in [0, 0.05) is 24.6 Å². The second-order valence-corrected chi connectivity index (χ2v) is 5.91. The molecule has 134 valence electrons. The number of aliphatic hydroxyl groups is 1. The van der Waals surface area contributed by atoms with Crippen LogP contribution < -0.4 is 4.90 Å². The molecular formula is C18H21ClN2O4. The summed E-state index contributed by atoms with van der Waals surface area (Å²) in [6.45, 7) is 2.25. The van der Waals surface area contributed by atoms with Crippen molar-refractivity contribution in [2.24, 2.45) is 7.05 Å². The highest BCUT2D eigenvalue weighted by molar-refractivity contribution is 6.30. The molecule has 1 heterocycles. The first kappa shape index (κ1) is 19.2. The molecule has 0 aliphatic carbocycles. The smallest absolute Gasteiger partial charge is 0.225 e. The molecule has 0 unspecified atom stereocenters. The minimum absolute atomic E-state index is 0.0655. The van der Waals surface area contributed by atoms with Crippen LogP contribution in [0.25, 0.3) is 0 Å². The van der Waals surface area contributed by atoms with Crippen molar-refractivity contribution >= 4 is 29.1 Å². The summed E-state index contributed by atoms with van der Waals surface area (Å²) in [4.78, 5) is 26.2. The highest BCUT2D eigenvalue weighted by Crippen LogP contribution is 2.21. The molecule has 25 heavy (non-hydrogen) atoms. The maximum atomic E-state index is 12.7. The minimum Gasteiger partial charge on any atom is -0.394 e. The van der Waals surface area contributed by atoms with Crippen molar-refractivity contribution in [3.8, 4) is 0 Å². The van der Waals surface area contributed by atoms with E-state index in [2.05, 4.69) is 0 Å². The number of aromatic nitrogens is 1. The van der Waals surface area contributed by atoms with Crippen LogP contribution >= 0.6 is 11.6 Å². The average molecular weight is 365 g/mol. The number of nitrogens with zero attached hydrogens (tertiary/aromatic N) is 2. The van der Waals surface area contributed by atoms with Crippen LogP contribution in [-0.4, -0.2) is 47.7 Å². The molecule has 1 aromatic heterocycles. The fraction of sp³-hybridized carbons (Fsp3) is 0.333. The van der Waals surface area contributed by atoms with Crippen molar-refractivity contribution in [2.75, 3.05) is 31.3 Å². The molecule has 7 heteroatoms. The molecule has 0 atom stereocenters. The van der Waals surface area contributed by atoms with Gasteiger partial charge in [-0.3, -0.25) is 14.5 Å². The molecule has 0 radical (unpaired) electrons. The Morgan fingerprint density at radius 2 is 1.84 bits per heavy atom. The van der Waals surface area contributed by atoms with Gasteiger partial charge in [-0.05, 0) is 36.4 Å². The van der Waals surface area contributed by atoms with E-state index in [0.29, 0.717) is 35.2 Å². The van der Waals surface area contributed by atoms with E-state index in [1.165, 1.54) is 11.8 Å². The molecule has 0 aliphatic heterocycles. The summed E-state index contributed by atoms with van der Waals surface area (Å²) < 4.78 is 6.91. The van der Waals surface area contributed by atoms with Crippen LogP contribution in [0.3, 0.4) is 0 Å². The molecule has 0 bridgehead atoms. The van der Waals surface area contributed by atoms with Gasteiger partial charge in [0.15, 0.2) is 0 Å². The van der Waals surface area contributed by atoms with Gasteiger partial charge in [-0.25, -0.2) is 0 Å². The summed E-state index contributed by atoms with van der Waals surface area (Å²) in [5, 5.41) is 9.30. The number of hydrogen-bond acceptors (Lipinski definition) is 4. The maximum Gasteiger partial charge on any atom is 0.225 e. The first-order valence-electron chi connectivity index (χ1n) is 7.88. The third kappa shape index (κ3) is 4.69. The normalized spacial score (nSPS) is 10.7. The fourth-order valence-corrected chi connectivity index (χ4v) is 2.63. The van der Waals surface area contributed by atoms with E-state index in [4.69, 9.17) is 21.4 Å². The number of carbonyl (C=O) groups is 2. The van der Waals surface area contributed by atoms with Crippen molar-refractivity contribution in [1.29, 1.82) is 0 Å². The third-order valence-corrected chi connectivity index (χ3v) is 4.04. The zero-order valence-corrected chi connectivity index (χ0v) is 15.0. The Hall–Kier alpha value is -2.15. The van der Waals surface area contributed by atoms with Gasteiger partial charge in [0.25, 0.3) is 0 Å². The molecule has 0 aliphatic rings. The van der Waals surface area contributed by atoms with Crippen molar-refractivity contribution < 1.29 is 19.4 Å². The van der Waals surface area contributed by atoms with E-state index in [1.807, 2.05) is 0 Å². The molecule has 0 fully saturated rings. The standard InChI is InChI=1S/C18H21ClN2O4/c1-13(23)21(9-11-25-12-10-22)17-8-7-16(20(17)2)18(24)14-3-5-15(19)6-4-14/h3-8,22H,9-12H2,1-2H3. The Balaban J connectivity index is 2.21. The lowest BCUT2D eigenvalue weighted by Crippen LogP contribution is -2.34. The summed E-state index contributed by atoms with van der Waals surface area (Å²) in [6.07, 6.45) is 0. The van der Waals surface area contributed by atoms with Gasteiger partial charge in [-0.1, -0.05) is 11.6 Å². The highest BCUT2D eigenvalue weighted by atomic mass is 35.5. The Morgan fingerprint density at radius 1 is 1.16 bits per heavy atom. The molecule has 0 spiro atoms. The maximum absolute atomic E-state index is 12.7. The monoisotopic (exact) mass is 364 g/mol. The molecule has 6 nitrogen and oxygen atoms in total. The van der Waals surface area contributed by atoms with Gasteiger partial charge in [0.2, 0.25) is 11.7 Å². The van der Waals surface area contributed by atoms with Crippen LogP contribution in [0, 0.1) is 0 Å². The number of halogens is 1. The lowest BCUT2D eigenvalue weighted by atomic mass is 10.1. The number of benzene rings is 1. The summed E-state index contributed by atoms with van der Waals surface area (Å²) in [6, 6.07) is 10.1. The van der Waals surface area contributed by atoms with E-state index in [0.717, 1.165) is 0 Å². The Labute approximate surface area is 151 Å². The topological polar surface area (TPSA) is 71.8 Å². The van der Waals surface area contributed by atoms with Gasteiger partial charge in [-0.2, -0.15) is 0 Å². The van der Waals surface area contributed by atoms with Gasteiger partial charge in [0.05, 0.1) is 32.1 Å². The lowest BCUT2D eigenvalue weighted by molar-refractivity contribution is -0.116. The Kier molecular flexibility index (Phi) is 6.75. The Bertz CT molecular complexity index is 740. The van der Waals surface area contributed by atoms with E-state index in [1.54, 1.807) is 48.0 Å². The van der Waals surface area contributed by atoms with Crippen LogP contribution in [0.2, 0.25) is 5.02 Å². The largest absolute Gasteiger partial charge is 0.394 e. The molecule has 2 rings (SSSR count). The van der Waals surface area contributed by atoms with Crippen LogP contribution in [0.4, 0.5) is 5.82 Å². The highest BCUT2D eigenvalue weighted by Gasteiger charge is 2.20. The SMILES string of the molecule is CC(=O)N(CCOCCO)c1ccc(C(=O)c2ccc(Cl)cc2)n1C. The third-order valence-electron chi connectivity index (χ3n) is 3.79. The van der Waals surface area contributed by atoms with E-state index < -0.39 is 0 Å². The lowest BCUT2D eigenvalue weighted by Gasteiger charge is -2.22. The zero-order chi connectivity index (χ0) is 18.4. The van der Waals surface area contributed by atoms with E-state index in [-0.39, 0.29) is 24.9 Å². The number of aliphatic hydroxyl groups excluding tert-OH is 1. The average Bonchev–Trinajstić information content (AvgIpc) is 2.96. The Morgan fingerprint density at radius 3 is 2.44 bits per heavy atom. The molecule has 1 N–H and O–H groups in total. The van der Waals surface area contributed by atoms with Crippen LogP contribution in [0.5, 0.6) is 0 Å².